The van der Waals surface area contributed by atoms with Crippen molar-refractivity contribution in [1.82, 2.24) is 9.97 Å². The maximum Gasteiger partial charge on any atom is 0.275 e. The number of hydrogen-bond acceptors (Lipinski definition) is 4. The fraction of sp³-hybridized carbons (Fsp3) is 0.312. The molecule has 1 aromatic heterocycles. The van der Waals surface area contributed by atoms with Crippen LogP contribution in [0.3, 0.4) is 0 Å². The van der Waals surface area contributed by atoms with Crippen LogP contribution in [0.2, 0.25) is 10.0 Å². The molecule has 1 N–H and O–H groups in total. The number of benzene rings is 1. The van der Waals surface area contributed by atoms with Gasteiger partial charge in [0.2, 0.25) is 0 Å². The Labute approximate surface area is 145 Å². The van der Waals surface area contributed by atoms with E-state index in [4.69, 9.17) is 23.2 Å². The third-order valence-electron chi connectivity index (χ3n) is 3.29. The van der Waals surface area contributed by atoms with Crippen LogP contribution < -0.4 is 10.2 Å². The van der Waals surface area contributed by atoms with E-state index in [1.165, 1.54) is 6.20 Å². The zero-order valence-corrected chi connectivity index (χ0v) is 14.5. The van der Waals surface area contributed by atoms with E-state index in [-0.39, 0.29) is 11.6 Å². The van der Waals surface area contributed by atoms with E-state index in [0.29, 0.717) is 15.7 Å². The van der Waals surface area contributed by atoms with Gasteiger partial charge in [0.25, 0.3) is 5.91 Å². The van der Waals surface area contributed by atoms with Crippen molar-refractivity contribution >= 4 is 40.6 Å². The topological polar surface area (TPSA) is 58.1 Å². The molecule has 0 aliphatic rings. The minimum atomic E-state index is -0.371. The van der Waals surface area contributed by atoms with Crippen molar-refractivity contribution < 1.29 is 4.79 Å². The molecule has 0 radical (unpaired) electrons. The highest BCUT2D eigenvalue weighted by Gasteiger charge is 2.11. The first kappa shape index (κ1) is 17.5. The number of carbonyl (C=O) groups excluding carboxylic acids is 1. The lowest BCUT2D eigenvalue weighted by atomic mass is 10.3. The maximum atomic E-state index is 12.2. The predicted molar refractivity (Wildman–Crippen MR) is 94.6 cm³/mol. The normalized spacial score (nSPS) is 10.4. The van der Waals surface area contributed by atoms with E-state index in [0.717, 1.165) is 25.2 Å². The molecule has 0 fully saturated rings. The number of nitrogens with one attached hydrogen (secondary N) is 1. The lowest BCUT2D eigenvalue weighted by Gasteiger charge is -2.17. The van der Waals surface area contributed by atoms with Crippen molar-refractivity contribution in [1.29, 1.82) is 0 Å². The highest BCUT2D eigenvalue weighted by atomic mass is 35.5. The second kappa shape index (κ2) is 8.13. The smallest absolute Gasteiger partial charge is 0.275 e. The number of rotatable bonds is 6. The van der Waals surface area contributed by atoms with Gasteiger partial charge in [-0.1, -0.05) is 36.5 Å². The minimum Gasteiger partial charge on any atom is -0.358 e. The molecule has 1 aromatic carbocycles. The van der Waals surface area contributed by atoms with Gasteiger partial charge >= 0.3 is 0 Å². The fourth-order valence-corrected chi connectivity index (χ4v) is 2.38. The van der Waals surface area contributed by atoms with E-state index < -0.39 is 0 Å². The van der Waals surface area contributed by atoms with Crippen molar-refractivity contribution in [3.05, 3.63) is 46.3 Å². The molecule has 7 heteroatoms. The Morgan fingerprint density at radius 3 is 2.65 bits per heavy atom. The molecular weight excluding hydrogens is 335 g/mol. The van der Waals surface area contributed by atoms with Crippen LogP contribution in [-0.2, 0) is 0 Å². The lowest BCUT2D eigenvalue weighted by Crippen LogP contribution is -2.21. The van der Waals surface area contributed by atoms with Crippen LogP contribution in [0, 0.1) is 0 Å². The molecule has 0 saturated heterocycles. The van der Waals surface area contributed by atoms with E-state index in [9.17, 15) is 4.79 Å². The van der Waals surface area contributed by atoms with Crippen molar-refractivity contribution in [2.75, 3.05) is 23.8 Å². The fourth-order valence-electron chi connectivity index (χ4n) is 1.92. The van der Waals surface area contributed by atoms with Gasteiger partial charge < -0.3 is 10.2 Å². The summed E-state index contributed by atoms with van der Waals surface area (Å²) >= 11 is 11.9. The average molecular weight is 353 g/mol. The number of amides is 1. The molecule has 0 bridgehead atoms. The minimum absolute atomic E-state index is 0.226. The van der Waals surface area contributed by atoms with Crippen LogP contribution in [0.4, 0.5) is 11.5 Å². The summed E-state index contributed by atoms with van der Waals surface area (Å²) in [5, 5.41) is 3.57. The zero-order valence-electron chi connectivity index (χ0n) is 13.0. The van der Waals surface area contributed by atoms with Gasteiger partial charge in [-0.3, -0.25) is 4.79 Å². The number of unbranched alkanes of at least 4 members (excludes halogenated alkanes) is 1. The monoisotopic (exact) mass is 352 g/mol. The summed E-state index contributed by atoms with van der Waals surface area (Å²) < 4.78 is 0. The van der Waals surface area contributed by atoms with Crippen LogP contribution >= 0.6 is 23.2 Å². The molecule has 1 amide bonds. The number of halogens is 2. The van der Waals surface area contributed by atoms with Crippen molar-refractivity contribution in [3.8, 4) is 0 Å². The van der Waals surface area contributed by atoms with Crippen LogP contribution in [0.1, 0.15) is 30.3 Å². The number of carbonyl (C=O) groups is 1. The molecule has 0 saturated carbocycles. The zero-order chi connectivity index (χ0) is 16.8. The number of anilines is 2. The van der Waals surface area contributed by atoms with E-state index in [2.05, 4.69) is 22.2 Å². The Bertz CT molecular complexity index is 676. The van der Waals surface area contributed by atoms with E-state index >= 15 is 0 Å². The summed E-state index contributed by atoms with van der Waals surface area (Å²) in [5.41, 5.74) is 0.704. The van der Waals surface area contributed by atoms with Crippen molar-refractivity contribution in [2.24, 2.45) is 0 Å². The molecule has 5 nitrogen and oxygen atoms in total. The summed E-state index contributed by atoms with van der Waals surface area (Å²) in [6.07, 6.45) is 5.24. The molecular formula is C16H18Cl2N4O. The highest BCUT2D eigenvalue weighted by Crippen LogP contribution is 2.25. The van der Waals surface area contributed by atoms with Crippen LogP contribution in [-0.4, -0.2) is 29.5 Å². The Balaban J connectivity index is 2.05. The Hall–Kier alpha value is -1.85. The third kappa shape index (κ3) is 4.81. The van der Waals surface area contributed by atoms with Gasteiger partial charge in [0.05, 0.1) is 23.1 Å². The predicted octanol–water partition coefficient (Wildman–Crippen LogP) is 4.27. The molecule has 0 aliphatic carbocycles. The number of nitrogens with zero attached hydrogens (tertiary/aromatic N) is 3. The van der Waals surface area contributed by atoms with Gasteiger partial charge in [-0.25, -0.2) is 9.97 Å². The molecule has 0 unspecified atom stereocenters. The molecule has 2 aromatic rings. The van der Waals surface area contributed by atoms with Gasteiger partial charge in [-0.15, -0.1) is 0 Å². The van der Waals surface area contributed by atoms with Crippen LogP contribution in [0.15, 0.2) is 30.6 Å². The average Bonchev–Trinajstić information content (AvgIpc) is 2.55. The second-order valence-corrected chi connectivity index (χ2v) is 5.96. The lowest BCUT2D eigenvalue weighted by molar-refractivity contribution is 0.102. The molecule has 0 spiro atoms. The molecule has 0 atom stereocenters. The van der Waals surface area contributed by atoms with Crippen molar-refractivity contribution in [3.63, 3.8) is 0 Å². The van der Waals surface area contributed by atoms with Gasteiger partial charge in [0.1, 0.15) is 11.5 Å². The standard InChI is InChI=1S/C16H18Cl2N4O/c1-3-4-7-22(2)15-10-19-14(9-20-15)16(23)21-13-6-5-11(17)8-12(13)18/h5-6,8-10H,3-4,7H2,1-2H3,(H,21,23). The quantitative estimate of drug-likeness (QED) is 0.843. The molecule has 23 heavy (non-hydrogen) atoms. The van der Waals surface area contributed by atoms with Crippen molar-refractivity contribution in [2.45, 2.75) is 19.8 Å². The van der Waals surface area contributed by atoms with Crippen LogP contribution in [0.5, 0.6) is 0 Å². The first-order valence-corrected chi connectivity index (χ1v) is 8.06. The summed E-state index contributed by atoms with van der Waals surface area (Å²) in [6, 6.07) is 4.86. The summed E-state index contributed by atoms with van der Waals surface area (Å²) in [4.78, 5) is 22.6. The summed E-state index contributed by atoms with van der Waals surface area (Å²) in [5.74, 6) is 0.365. The Kier molecular flexibility index (Phi) is 6.19. The van der Waals surface area contributed by atoms with Gasteiger partial charge in [-0.2, -0.15) is 0 Å². The molecule has 1 heterocycles. The highest BCUT2D eigenvalue weighted by molar-refractivity contribution is 6.36. The Morgan fingerprint density at radius 2 is 2.04 bits per heavy atom. The second-order valence-electron chi connectivity index (χ2n) is 5.11. The maximum absolute atomic E-state index is 12.2. The molecule has 122 valence electrons. The SMILES string of the molecule is CCCCN(C)c1cnc(C(=O)Nc2ccc(Cl)cc2Cl)cn1. The van der Waals surface area contributed by atoms with E-state index in [1.54, 1.807) is 24.4 Å². The van der Waals surface area contributed by atoms with Gasteiger partial charge in [0, 0.05) is 18.6 Å². The van der Waals surface area contributed by atoms with Gasteiger partial charge in [0.15, 0.2) is 0 Å². The Morgan fingerprint density at radius 1 is 1.26 bits per heavy atom. The number of aromatic nitrogens is 2. The molecule has 0 aliphatic heterocycles. The summed E-state index contributed by atoms with van der Waals surface area (Å²) in [6.45, 7) is 3.03. The van der Waals surface area contributed by atoms with Crippen LogP contribution in [0.25, 0.3) is 0 Å². The third-order valence-corrected chi connectivity index (χ3v) is 3.84. The molecule has 2 rings (SSSR count). The first-order valence-electron chi connectivity index (χ1n) is 7.31. The first-order chi connectivity index (χ1) is 11.0. The van der Waals surface area contributed by atoms with E-state index in [1.807, 2.05) is 11.9 Å². The summed E-state index contributed by atoms with van der Waals surface area (Å²) in [7, 11) is 1.95. The van der Waals surface area contributed by atoms with Gasteiger partial charge in [-0.05, 0) is 24.6 Å². The largest absolute Gasteiger partial charge is 0.358 e. The number of hydrogen-bond donors (Lipinski definition) is 1.